The Kier molecular flexibility index (Phi) is 4.25. The van der Waals surface area contributed by atoms with E-state index in [1.165, 1.54) is 0 Å². The Morgan fingerprint density at radius 3 is 3.00 bits per heavy atom. The highest BCUT2D eigenvalue weighted by Gasteiger charge is 2.28. The molecule has 5 heteroatoms. The fraction of sp³-hybridized carbons (Fsp3) is 0.615. The van der Waals surface area contributed by atoms with E-state index < -0.39 is 0 Å². The number of hydrogen-bond donors (Lipinski definition) is 1. The SMILES string of the molecule is CN(Cc1cnccn1)C(=O)[C@H]1CCC[C@@H](O)C1. The molecular weight excluding hydrogens is 230 g/mol. The van der Waals surface area contributed by atoms with E-state index in [2.05, 4.69) is 9.97 Å². The maximum atomic E-state index is 12.2. The third-order valence-electron chi connectivity index (χ3n) is 3.39. The van der Waals surface area contributed by atoms with Gasteiger partial charge >= 0.3 is 0 Å². The van der Waals surface area contributed by atoms with Gasteiger partial charge in [0, 0.05) is 25.4 Å². The molecule has 0 saturated heterocycles. The monoisotopic (exact) mass is 249 g/mol. The van der Waals surface area contributed by atoms with Crippen molar-refractivity contribution in [2.24, 2.45) is 5.92 Å². The number of amides is 1. The molecule has 5 nitrogen and oxygen atoms in total. The van der Waals surface area contributed by atoms with Crippen molar-refractivity contribution < 1.29 is 9.90 Å². The molecule has 1 heterocycles. The highest BCUT2D eigenvalue weighted by atomic mass is 16.3. The molecule has 1 fully saturated rings. The van der Waals surface area contributed by atoms with Gasteiger partial charge < -0.3 is 10.0 Å². The molecule has 2 rings (SSSR count). The van der Waals surface area contributed by atoms with Crippen LogP contribution >= 0.6 is 0 Å². The van der Waals surface area contributed by atoms with Crippen molar-refractivity contribution in [3.05, 3.63) is 24.3 Å². The van der Waals surface area contributed by atoms with Gasteiger partial charge in [0.25, 0.3) is 0 Å². The topological polar surface area (TPSA) is 66.3 Å². The first-order valence-electron chi connectivity index (χ1n) is 6.34. The molecule has 0 unspecified atom stereocenters. The molecule has 0 bridgehead atoms. The summed E-state index contributed by atoms with van der Waals surface area (Å²) in [6.45, 7) is 0.471. The highest BCUT2D eigenvalue weighted by molar-refractivity contribution is 5.78. The molecule has 0 radical (unpaired) electrons. The lowest BCUT2D eigenvalue weighted by Gasteiger charge is -2.28. The Hall–Kier alpha value is -1.49. The highest BCUT2D eigenvalue weighted by Crippen LogP contribution is 2.25. The third kappa shape index (κ3) is 3.26. The Labute approximate surface area is 107 Å². The van der Waals surface area contributed by atoms with Crippen molar-refractivity contribution in [1.82, 2.24) is 14.9 Å². The van der Waals surface area contributed by atoms with Crippen LogP contribution in [0.2, 0.25) is 0 Å². The van der Waals surface area contributed by atoms with Crippen molar-refractivity contribution in [1.29, 1.82) is 0 Å². The van der Waals surface area contributed by atoms with Crippen LogP contribution in [0.1, 0.15) is 31.4 Å². The van der Waals surface area contributed by atoms with E-state index in [1.807, 2.05) is 0 Å². The normalized spacial score (nSPS) is 23.7. The van der Waals surface area contributed by atoms with Crippen LogP contribution in [0.5, 0.6) is 0 Å². The second-order valence-corrected chi connectivity index (χ2v) is 4.91. The summed E-state index contributed by atoms with van der Waals surface area (Å²) in [5, 5.41) is 9.61. The van der Waals surface area contributed by atoms with Crippen LogP contribution in [0.3, 0.4) is 0 Å². The second kappa shape index (κ2) is 5.91. The Morgan fingerprint density at radius 2 is 2.33 bits per heavy atom. The van der Waals surface area contributed by atoms with Gasteiger partial charge in [-0.05, 0) is 19.3 Å². The van der Waals surface area contributed by atoms with Crippen molar-refractivity contribution in [3.63, 3.8) is 0 Å². The minimum absolute atomic E-state index is 0.0459. The Bertz CT molecular complexity index is 396. The van der Waals surface area contributed by atoms with E-state index in [-0.39, 0.29) is 17.9 Å². The molecular formula is C13H19N3O2. The maximum Gasteiger partial charge on any atom is 0.225 e. The van der Waals surface area contributed by atoms with Crippen LogP contribution in [0.25, 0.3) is 0 Å². The predicted octanol–water partition coefficient (Wildman–Crippen LogP) is 0.986. The zero-order chi connectivity index (χ0) is 13.0. The molecule has 98 valence electrons. The number of rotatable bonds is 3. The first kappa shape index (κ1) is 13.0. The second-order valence-electron chi connectivity index (χ2n) is 4.91. The summed E-state index contributed by atoms with van der Waals surface area (Å²) in [6, 6.07) is 0. The fourth-order valence-electron chi connectivity index (χ4n) is 2.43. The molecule has 1 aliphatic carbocycles. The van der Waals surface area contributed by atoms with E-state index in [4.69, 9.17) is 0 Å². The number of hydrogen-bond acceptors (Lipinski definition) is 4. The summed E-state index contributed by atoms with van der Waals surface area (Å²) in [5.74, 6) is 0.0508. The lowest BCUT2D eigenvalue weighted by atomic mass is 9.86. The zero-order valence-electron chi connectivity index (χ0n) is 10.6. The van der Waals surface area contributed by atoms with Crippen molar-refractivity contribution in [2.75, 3.05) is 7.05 Å². The van der Waals surface area contributed by atoms with Crippen molar-refractivity contribution >= 4 is 5.91 Å². The molecule has 1 aliphatic rings. The summed E-state index contributed by atoms with van der Waals surface area (Å²) >= 11 is 0. The van der Waals surface area contributed by atoms with Crippen LogP contribution in [-0.4, -0.2) is 39.0 Å². The summed E-state index contributed by atoms with van der Waals surface area (Å²) in [7, 11) is 1.78. The first-order valence-corrected chi connectivity index (χ1v) is 6.34. The lowest BCUT2D eigenvalue weighted by molar-refractivity contribution is -0.137. The molecule has 0 aromatic carbocycles. The largest absolute Gasteiger partial charge is 0.393 e. The van der Waals surface area contributed by atoms with Gasteiger partial charge in [-0.15, -0.1) is 0 Å². The number of aromatic nitrogens is 2. The van der Waals surface area contributed by atoms with Crippen LogP contribution < -0.4 is 0 Å². The molecule has 1 saturated carbocycles. The van der Waals surface area contributed by atoms with Gasteiger partial charge in [-0.3, -0.25) is 14.8 Å². The Balaban J connectivity index is 1.92. The summed E-state index contributed by atoms with van der Waals surface area (Å²) in [5.41, 5.74) is 0.782. The molecule has 1 aromatic rings. The maximum absolute atomic E-state index is 12.2. The van der Waals surface area contributed by atoms with Gasteiger partial charge in [-0.1, -0.05) is 6.42 Å². The zero-order valence-corrected chi connectivity index (χ0v) is 10.6. The van der Waals surface area contributed by atoms with Crippen molar-refractivity contribution in [2.45, 2.75) is 38.3 Å². The van der Waals surface area contributed by atoms with Crippen molar-refractivity contribution in [3.8, 4) is 0 Å². The minimum atomic E-state index is -0.322. The van der Waals surface area contributed by atoms with E-state index in [0.717, 1.165) is 25.0 Å². The molecule has 0 spiro atoms. The third-order valence-corrected chi connectivity index (χ3v) is 3.39. The average Bonchev–Trinajstić information content (AvgIpc) is 2.39. The Morgan fingerprint density at radius 1 is 1.50 bits per heavy atom. The van der Waals surface area contributed by atoms with E-state index in [0.29, 0.717) is 13.0 Å². The quantitative estimate of drug-likeness (QED) is 0.867. The summed E-state index contributed by atoms with van der Waals surface area (Å²) in [6.07, 6.45) is 7.79. The minimum Gasteiger partial charge on any atom is -0.393 e. The first-order chi connectivity index (χ1) is 8.66. The number of aliphatic hydroxyl groups excluding tert-OH is 1. The number of carbonyl (C=O) groups excluding carboxylic acids is 1. The number of nitrogens with zero attached hydrogens (tertiary/aromatic N) is 3. The summed E-state index contributed by atoms with van der Waals surface area (Å²) in [4.78, 5) is 22.0. The molecule has 1 aromatic heterocycles. The van der Waals surface area contributed by atoms with Gasteiger partial charge in [0.15, 0.2) is 0 Å². The smallest absolute Gasteiger partial charge is 0.225 e. The number of aliphatic hydroxyl groups is 1. The molecule has 0 aliphatic heterocycles. The lowest BCUT2D eigenvalue weighted by Crippen LogP contribution is -2.36. The average molecular weight is 249 g/mol. The van der Waals surface area contributed by atoms with Gasteiger partial charge in [-0.25, -0.2) is 0 Å². The molecule has 1 amide bonds. The summed E-state index contributed by atoms with van der Waals surface area (Å²) < 4.78 is 0. The van der Waals surface area contributed by atoms with E-state index in [9.17, 15) is 9.90 Å². The van der Waals surface area contributed by atoms with Gasteiger partial charge in [-0.2, -0.15) is 0 Å². The molecule has 2 atom stereocenters. The number of carbonyl (C=O) groups is 1. The van der Waals surface area contributed by atoms with Gasteiger partial charge in [0.05, 0.1) is 24.5 Å². The van der Waals surface area contributed by atoms with E-state index >= 15 is 0 Å². The van der Waals surface area contributed by atoms with Crippen LogP contribution in [0.15, 0.2) is 18.6 Å². The van der Waals surface area contributed by atoms with Gasteiger partial charge in [0.2, 0.25) is 5.91 Å². The van der Waals surface area contributed by atoms with Crippen LogP contribution in [-0.2, 0) is 11.3 Å². The predicted molar refractivity (Wildman–Crippen MR) is 66.5 cm³/mol. The standard InChI is InChI=1S/C13H19N3O2/c1-16(9-11-8-14-5-6-15-11)13(18)10-3-2-4-12(17)7-10/h5-6,8,10,12,17H,2-4,7,9H2,1H3/t10-,12+/m0/s1. The van der Waals surface area contributed by atoms with E-state index in [1.54, 1.807) is 30.5 Å². The molecule has 1 N–H and O–H groups in total. The fourth-order valence-corrected chi connectivity index (χ4v) is 2.43. The van der Waals surface area contributed by atoms with Crippen LogP contribution in [0, 0.1) is 5.92 Å². The van der Waals surface area contributed by atoms with Gasteiger partial charge in [0.1, 0.15) is 0 Å². The molecule has 18 heavy (non-hydrogen) atoms. The van der Waals surface area contributed by atoms with Crippen LogP contribution in [0.4, 0.5) is 0 Å².